The molecule has 0 spiro atoms. The monoisotopic (exact) mass is 389 g/mol. The number of nitrogens with zero attached hydrogens (tertiary/aromatic N) is 2. The van der Waals surface area contributed by atoms with E-state index in [0.29, 0.717) is 0 Å². The normalized spacial score (nSPS) is 10.8. The maximum Gasteiger partial charge on any atom is 0.359 e. The lowest BCUT2D eigenvalue weighted by molar-refractivity contribution is -0.115. The number of rotatable bonds is 5. The molecule has 2 heterocycles. The highest BCUT2D eigenvalue weighted by molar-refractivity contribution is 7.16. The number of nitrogens with one attached hydrogen (secondary N) is 1. The molecule has 0 unspecified atom stereocenters. The first-order valence-electron chi connectivity index (χ1n) is 8.24. The smallest absolute Gasteiger partial charge is 0.359 e. The lowest BCUT2D eigenvalue weighted by Gasteiger charge is -2.10. The second-order valence-electron chi connectivity index (χ2n) is 5.49. The van der Waals surface area contributed by atoms with Crippen LogP contribution in [0.2, 0.25) is 0 Å². The first-order chi connectivity index (χ1) is 13.0. The SMILES string of the molecule is CCOC(=O)c1nn(-c2ccccc2F)c(=O)c2c(NC(=O)CC)scc12. The zero-order chi connectivity index (χ0) is 19.6. The molecular weight excluding hydrogens is 373 g/mol. The summed E-state index contributed by atoms with van der Waals surface area (Å²) in [6, 6.07) is 5.59. The molecule has 9 heteroatoms. The van der Waals surface area contributed by atoms with E-state index in [1.807, 2.05) is 0 Å². The second kappa shape index (κ2) is 7.67. The van der Waals surface area contributed by atoms with Crippen molar-refractivity contribution in [2.75, 3.05) is 11.9 Å². The van der Waals surface area contributed by atoms with Gasteiger partial charge in [0.15, 0.2) is 5.69 Å². The van der Waals surface area contributed by atoms with Gasteiger partial charge >= 0.3 is 5.97 Å². The highest BCUT2D eigenvalue weighted by Gasteiger charge is 2.23. The van der Waals surface area contributed by atoms with Gasteiger partial charge in [-0.3, -0.25) is 9.59 Å². The fraction of sp³-hybridized carbons (Fsp3) is 0.222. The molecule has 7 nitrogen and oxygen atoms in total. The molecule has 0 aliphatic rings. The third-order valence-corrected chi connectivity index (χ3v) is 4.67. The van der Waals surface area contributed by atoms with Crippen LogP contribution in [-0.4, -0.2) is 28.3 Å². The van der Waals surface area contributed by atoms with Crippen LogP contribution in [0.4, 0.5) is 9.39 Å². The topological polar surface area (TPSA) is 90.3 Å². The molecule has 0 fully saturated rings. The molecule has 0 saturated carbocycles. The summed E-state index contributed by atoms with van der Waals surface area (Å²) in [5, 5.41) is 8.85. The van der Waals surface area contributed by atoms with Crippen molar-refractivity contribution < 1.29 is 18.7 Å². The van der Waals surface area contributed by atoms with Crippen molar-refractivity contribution >= 4 is 39.0 Å². The quantitative estimate of drug-likeness (QED) is 0.677. The van der Waals surface area contributed by atoms with Crippen molar-refractivity contribution in [1.82, 2.24) is 9.78 Å². The zero-order valence-corrected chi connectivity index (χ0v) is 15.4. The molecule has 0 aliphatic heterocycles. The predicted molar refractivity (Wildman–Crippen MR) is 100 cm³/mol. The summed E-state index contributed by atoms with van der Waals surface area (Å²) < 4.78 is 20.1. The summed E-state index contributed by atoms with van der Waals surface area (Å²) in [6.45, 7) is 3.43. The fourth-order valence-electron chi connectivity index (χ4n) is 2.49. The number of halogens is 1. The predicted octanol–water partition coefficient (Wildman–Crippen LogP) is 3.11. The molecule has 0 radical (unpaired) electrons. The van der Waals surface area contributed by atoms with E-state index in [1.165, 1.54) is 18.2 Å². The van der Waals surface area contributed by atoms with Gasteiger partial charge in [0.25, 0.3) is 5.56 Å². The van der Waals surface area contributed by atoms with E-state index in [-0.39, 0.29) is 46.1 Å². The van der Waals surface area contributed by atoms with E-state index in [4.69, 9.17) is 4.74 Å². The Morgan fingerprint density at radius 1 is 1.30 bits per heavy atom. The van der Waals surface area contributed by atoms with Gasteiger partial charge < -0.3 is 10.1 Å². The van der Waals surface area contributed by atoms with E-state index in [9.17, 15) is 18.8 Å². The van der Waals surface area contributed by atoms with Crippen LogP contribution >= 0.6 is 11.3 Å². The number of ether oxygens (including phenoxy) is 1. The van der Waals surface area contributed by atoms with Gasteiger partial charge in [0.1, 0.15) is 16.5 Å². The minimum Gasteiger partial charge on any atom is -0.461 e. The number of aromatic nitrogens is 2. The van der Waals surface area contributed by atoms with Crippen molar-refractivity contribution in [3.63, 3.8) is 0 Å². The molecule has 0 atom stereocenters. The number of para-hydroxylation sites is 1. The van der Waals surface area contributed by atoms with E-state index in [0.717, 1.165) is 16.0 Å². The van der Waals surface area contributed by atoms with Gasteiger partial charge in [-0.05, 0) is 19.1 Å². The van der Waals surface area contributed by atoms with E-state index < -0.39 is 17.3 Å². The zero-order valence-electron chi connectivity index (χ0n) is 14.6. The molecule has 3 aromatic rings. The molecule has 1 amide bonds. The number of anilines is 1. The highest BCUT2D eigenvalue weighted by Crippen LogP contribution is 2.30. The lowest BCUT2D eigenvalue weighted by atomic mass is 10.2. The van der Waals surface area contributed by atoms with Gasteiger partial charge in [0.2, 0.25) is 5.91 Å². The van der Waals surface area contributed by atoms with Crippen LogP contribution in [0.5, 0.6) is 0 Å². The number of esters is 1. The Kier molecular flexibility index (Phi) is 5.31. The third-order valence-electron chi connectivity index (χ3n) is 3.78. The molecule has 140 valence electrons. The van der Waals surface area contributed by atoms with Crippen molar-refractivity contribution in [2.24, 2.45) is 0 Å². The maximum absolute atomic E-state index is 14.2. The Balaban J connectivity index is 2.33. The van der Waals surface area contributed by atoms with Gasteiger partial charge in [0.05, 0.1) is 12.0 Å². The minimum atomic E-state index is -0.737. The van der Waals surface area contributed by atoms with Crippen LogP contribution in [0, 0.1) is 5.82 Å². The van der Waals surface area contributed by atoms with Crippen molar-refractivity contribution in [2.45, 2.75) is 20.3 Å². The molecule has 0 saturated heterocycles. The highest BCUT2D eigenvalue weighted by atomic mass is 32.1. The van der Waals surface area contributed by atoms with Gasteiger partial charge in [-0.1, -0.05) is 19.1 Å². The van der Waals surface area contributed by atoms with E-state index >= 15 is 0 Å². The summed E-state index contributed by atoms with van der Waals surface area (Å²) in [4.78, 5) is 37.1. The molecule has 3 rings (SSSR count). The number of thiophene rings is 1. The van der Waals surface area contributed by atoms with Crippen LogP contribution in [0.15, 0.2) is 34.4 Å². The van der Waals surface area contributed by atoms with E-state index in [2.05, 4.69) is 10.4 Å². The summed E-state index contributed by atoms with van der Waals surface area (Å²) >= 11 is 1.09. The van der Waals surface area contributed by atoms with Crippen molar-refractivity contribution in [1.29, 1.82) is 0 Å². The largest absolute Gasteiger partial charge is 0.461 e. The van der Waals surface area contributed by atoms with Crippen LogP contribution < -0.4 is 10.9 Å². The Morgan fingerprint density at radius 2 is 2.04 bits per heavy atom. The maximum atomic E-state index is 14.2. The average Bonchev–Trinajstić information content (AvgIpc) is 3.07. The fourth-order valence-corrected chi connectivity index (χ4v) is 3.45. The van der Waals surface area contributed by atoms with E-state index in [1.54, 1.807) is 25.3 Å². The average molecular weight is 389 g/mol. The molecule has 0 aliphatic carbocycles. The van der Waals surface area contributed by atoms with Gasteiger partial charge in [-0.15, -0.1) is 11.3 Å². The lowest BCUT2D eigenvalue weighted by Crippen LogP contribution is -2.26. The first kappa shape index (κ1) is 18.7. The summed E-state index contributed by atoms with van der Waals surface area (Å²) in [5.41, 5.74) is -0.868. The Bertz CT molecular complexity index is 1090. The van der Waals surface area contributed by atoms with Crippen molar-refractivity contribution in [3.8, 4) is 5.69 Å². The number of benzene rings is 1. The van der Waals surface area contributed by atoms with Crippen molar-refractivity contribution in [3.05, 3.63) is 51.5 Å². The van der Waals surface area contributed by atoms with Crippen LogP contribution in [0.3, 0.4) is 0 Å². The Hall–Kier alpha value is -3.07. The first-order valence-corrected chi connectivity index (χ1v) is 9.12. The second-order valence-corrected chi connectivity index (χ2v) is 6.37. The van der Waals surface area contributed by atoms with Gasteiger partial charge in [0, 0.05) is 17.2 Å². The molecule has 2 aromatic heterocycles. The Labute approximate surface area is 157 Å². The standard InChI is InChI=1S/C18H16FN3O4S/c1-3-13(23)20-16-14-10(9-27-16)15(18(25)26-4-2)21-22(17(14)24)12-8-6-5-7-11(12)19/h5-9H,3-4H2,1-2H3,(H,20,23). The van der Waals surface area contributed by atoms with Crippen LogP contribution in [0.1, 0.15) is 30.8 Å². The minimum absolute atomic E-state index is 0.0862. The molecule has 1 N–H and O–H groups in total. The number of fused-ring (bicyclic) bond motifs is 1. The Morgan fingerprint density at radius 3 is 2.70 bits per heavy atom. The summed E-state index contributed by atoms with van der Waals surface area (Å²) in [6.07, 6.45) is 0.219. The van der Waals surface area contributed by atoms with Crippen LogP contribution in [0.25, 0.3) is 16.5 Å². The van der Waals surface area contributed by atoms with Gasteiger partial charge in [-0.25, -0.2) is 9.18 Å². The van der Waals surface area contributed by atoms with Gasteiger partial charge in [-0.2, -0.15) is 9.78 Å². The van der Waals surface area contributed by atoms with Crippen LogP contribution in [-0.2, 0) is 9.53 Å². The molecule has 0 bridgehead atoms. The number of carbonyl (C=O) groups excluding carboxylic acids is 2. The third kappa shape index (κ3) is 3.45. The number of amides is 1. The molecule has 27 heavy (non-hydrogen) atoms. The summed E-state index contributed by atoms with van der Waals surface area (Å²) in [5.74, 6) is -1.69. The number of hydrogen-bond donors (Lipinski definition) is 1. The summed E-state index contributed by atoms with van der Waals surface area (Å²) in [7, 11) is 0. The number of carbonyl (C=O) groups is 2. The number of hydrogen-bond acceptors (Lipinski definition) is 6. The molecule has 1 aromatic carbocycles. The molecular formula is C18H16FN3O4S.